The molecule has 0 saturated heterocycles. The molecule has 0 heterocycles. The van der Waals surface area contributed by atoms with E-state index < -0.39 is 5.60 Å². The van der Waals surface area contributed by atoms with Crippen LogP contribution in [0.15, 0.2) is 12.2 Å². The van der Waals surface area contributed by atoms with Gasteiger partial charge in [-0.05, 0) is 39.5 Å². The van der Waals surface area contributed by atoms with E-state index in [1.54, 1.807) is 0 Å². The van der Waals surface area contributed by atoms with Crippen LogP contribution in [0.4, 0.5) is 0 Å². The van der Waals surface area contributed by atoms with Crippen molar-refractivity contribution < 1.29 is 10.2 Å². The second-order valence-corrected chi connectivity index (χ2v) is 7.32. The van der Waals surface area contributed by atoms with Gasteiger partial charge < -0.3 is 10.2 Å². The summed E-state index contributed by atoms with van der Waals surface area (Å²) in [4.78, 5) is 0. The Balaban J connectivity index is 3.34. The largest absolute Gasteiger partial charge is 0.390 e. The van der Waals surface area contributed by atoms with Gasteiger partial charge in [0.25, 0.3) is 0 Å². The Bertz CT molecular complexity index is 253. The van der Waals surface area contributed by atoms with E-state index in [1.165, 1.54) is 38.5 Å². The highest BCUT2D eigenvalue weighted by Crippen LogP contribution is 2.15. The number of allylic oxidation sites excluding steroid dienone is 1. The van der Waals surface area contributed by atoms with Crippen molar-refractivity contribution in [1.29, 1.82) is 0 Å². The molecule has 0 aliphatic carbocycles. The molecule has 22 heavy (non-hydrogen) atoms. The van der Waals surface area contributed by atoms with Crippen LogP contribution < -0.4 is 0 Å². The summed E-state index contributed by atoms with van der Waals surface area (Å²) in [5.74, 6) is 0. The van der Waals surface area contributed by atoms with Gasteiger partial charge in [0, 0.05) is 0 Å². The summed E-state index contributed by atoms with van der Waals surface area (Å²) >= 11 is 0. The molecule has 0 aromatic carbocycles. The first kappa shape index (κ1) is 21.7. The molecule has 2 heteroatoms. The van der Waals surface area contributed by atoms with E-state index in [4.69, 9.17) is 0 Å². The zero-order chi connectivity index (χ0) is 16.7. The zero-order valence-corrected chi connectivity index (χ0v) is 15.3. The van der Waals surface area contributed by atoms with Gasteiger partial charge >= 0.3 is 0 Å². The number of hydrogen-bond acceptors (Lipinski definition) is 2. The van der Waals surface area contributed by atoms with E-state index in [9.17, 15) is 10.2 Å². The maximum Gasteiger partial charge on any atom is 0.0720 e. The molecular formula is C20H40O2. The molecule has 0 aromatic rings. The summed E-state index contributed by atoms with van der Waals surface area (Å²) in [6.45, 7) is 5.98. The number of rotatable bonds is 15. The van der Waals surface area contributed by atoms with Gasteiger partial charge in [0.1, 0.15) is 0 Å². The van der Waals surface area contributed by atoms with Crippen LogP contribution in [0.1, 0.15) is 104 Å². The number of aliphatic hydroxyl groups excluding tert-OH is 1. The molecule has 0 saturated carbocycles. The lowest BCUT2D eigenvalue weighted by molar-refractivity contribution is 0.0679. The fourth-order valence-corrected chi connectivity index (χ4v) is 2.66. The van der Waals surface area contributed by atoms with E-state index >= 15 is 0 Å². The Labute approximate surface area is 139 Å². The molecule has 0 bridgehead atoms. The predicted molar refractivity (Wildman–Crippen MR) is 97.1 cm³/mol. The SMILES string of the molecule is CCCCCCCCC=CC(O)CCCCCCC(C)(C)O. The molecule has 0 amide bonds. The third kappa shape index (κ3) is 17.7. The summed E-state index contributed by atoms with van der Waals surface area (Å²) in [6.07, 6.45) is 19.1. The van der Waals surface area contributed by atoms with Gasteiger partial charge in [-0.15, -0.1) is 0 Å². The van der Waals surface area contributed by atoms with Gasteiger partial charge in [0.15, 0.2) is 0 Å². The molecule has 0 aliphatic rings. The minimum Gasteiger partial charge on any atom is -0.390 e. The van der Waals surface area contributed by atoms with E-state index in [-0.39, 0.29) is 6.10 Å². The fourth-order valence-electron chi connectivity index (χ4n) is 2.66. The highest BCUT2D eigenvalue weighted by atomic mass is 16.3. The highest BCUT2D eigenvalue weighted by Gasteiger charge is 2.10. The number of aliphatic hydroxyl groups is 2. The van der Waals surface area contributed by atoms with E-state index in [0.29, 0.717) is 0 Å². The van der Waals surface area contributed by atoms with Crippen molar-refractivity contribution in [1.82, 2.24) is 0 Å². The molecule has 1 atom stereocenters. The Morgan fingerprint density at radius 3 is 2.14 bits per heavy atom. The summed E-state index contributed by atoms with van der Waals surface area (Å²) in [7, 11) is 0. The smallest absolute Gasteiger partial charge is 0.0720 e. The standard InChI is InChI=1S/C20H40O2/c1-4-5-6-7-8-9-10-13-16-19(21)17-14-11-12-15-18-20(2,3)22/h13,16,19,21-22H,4-12,14-15,17-18H2,1-3H3. The summed E-state index contributed by atoms with van der Waals surface area (Å²) in [6, 6.07) is 0. The lowest BCUT2D eigenvalue weighted by Crippen LogP contribution is -2.17. The average Bonchev–Trinajstić information content (AvgIpc) is 2.44. The zero-order valence-electron chi connectivity index (χ0n) is 15.3. The van der Waals surface area contributed by atoms with Gasteiger partial charge in [-0.1, -0.05) is 76.9 Å². The first-order chi connectivity index (χ1) is 10.5. The van der Waals surface area contributed by atoms with Gasteiger partial charge in [0.05, 0.1) is 11.7 Å². The van der Waals surface area contributed by atoms with Crippen LogP contribution in [0, 0.1) is 0 Å². The van der Waals surface area contributed by atoms with Crippen LogP contribution in [0.3, 0.4) is 0 Å². The van der Waals surface area contributed by atoms with Gasteiger partial charge in [-0.2, -0.15) is 0 Å². The van der Waals surface area contributed by atoms with Crippen molar-refractivity contribution in [2.45, 2.75) is 116 Å². The second kappa shape index (κ2) is 14.3. The fraction of sp³-hybridized carbons (Fsp3) is 0.900. The number of hydrogen-bond donors (Lipinski definition) is 2. The molecule has 1 unspecified atom stereocenters. The molecule has 132 valence electrons. The van der Waals surface area contributed by atoms with Crippen LogP contribution in [0.25, 0.3) is 0 Å². The van der Waals surface area contributed by atoms with Crippen LogP contribution in [0.5, 0.6) is 0 Å². The maximum absolute atomic E-state index is 9.88. The van der Waals surface area contributed by atoms with Crippen LogP contribution >= 0.6 is 0 Å². The quantitative estimate of drug-likeness (QED) is 0.298. The van der Waals surface area contributed by atoms with Crippen molar-refractivity contribution in [3.63, 3.8) is 0 Å². The molecule has 2 nitrogen and oxygen atoms in total. The average molecular weight is 313 g/mol. The minimum atomic E-state index is -0.529. The monoisotopic (exact) mass is 312 g/mol. The maximum atomic E-state index is 9.88. The van der Waals surface area contributed by atoms with Gasteiger partial charge in [0.2, 0.25) is 0 Å². The molecule has 0 aromatic heterocycles. The lowest BCUT2D eigenvalue weighted by Gasteiger charge is -2.16. The van der Waals surface area contributed by atoms with Crippen molar-refractivity contribution in [3.05, 3.63) is 12.2 Å². The predicted octanol–water partition coefficient (Wildman–Crippen LogP) is 5.77. The van der Waals surface area contributed by atoms with Crippen LogP contribution in [0.2, 0.25) is 0 Å². The second-order valence-electron chi connectivity index (χ2n) is 7.32. The Kier molecular flexibility index (Phi) is 14.0. The Morgan fingerprint density at radius 2 is 1.45 bits per heavy atom. The van der Waals surface area contributed by atoms with Crippen molar-refractivity contribution in [3.8, 4) is 0 Å². The third-order valence-corrected chi connectivity index (χ3v) is 4.12. The van der Waals surface area contributed by atoms with Crippen molar-refractivity contribution in [2.75, 3.05) is 0 Å². The van der Waals surface area contributed by atoms with E-state index in [0.717, 1.165) is 44.9 Å². The van der Waals surface area contributed by atoms with Gasteiger partial charge in [-0.25, -0.2) is 0 Å². The number of unbranched alkanes of at least 4 members (excludes halogenated alkanes) is 9. The first-order valence-corrected chi connectivity index (χ1v) is 9.53. The first-order valence-electron chi connectivity index (χ1n) is 9.53. The molecule has 0 spiro atoms. The Hall–Kier alpha value is -0.340. The summed E-state index contributed by atoms with van der Waals surface area (Å²) in [5.41, 5.74) is -0.529. The van der Waals surface area contributed by atoms with E-state index in [1.807, 2.05) is 19.9 Å². The molecule has 0 radical (unpaired) electrons. The van der Waals surface area contributed by atoms with Crippen molar-refractivity contribution in [2.24, 2.45) is 0 Å². The Morgan fingerprint density at radius 1 is 0.864 bits per heavy atom. The molecule has 0 fully saturated rings. The third-order valence-electron chi connectivity index (χ3n) is 4.12. The van der Waals surface area contributed by atoms with Crippen LogP contribution in [-0.2, 0) is 0 Å². The topological polar surface area (TPSA) is 40.5 Å². The molecule has 2 N–H and O–H groups in total. The van der Waals surface area contributed by atoms with Crippen LogP contribution in [-0.4, -0.2) is 21.9 Å². The summed E-state index contributed by atoms with van der Waals surface area (Å²) in [5, 5.41) is 19.5. The molecule has 0 aliphatic heterocycles. The molecule has 0 rings (SSSR count). The normalized spacial score (nSPS) is 13.9. The van der Waals surface area contributed by atoms with Gasteiger partial charge in [-0.3, -0.25) is 0 Å². The lowest BCUT2D eigenvalue weighted by atomic mass is 9.99. The summed E-state index contributed by atoms with van der Waals surface area (Å²) < 4.78 is 0. The highest BCUT2D eigenvalue weighted by molar-refractivity contribution is 4.88. The van der Waals surface area contributed by atoms with E-state index in [2.05, 4.69) is 13.0 Å². The molecular weight excluding hydrogens is 272 g/mol. The minimum absolute atomic E-state index is 0.269. The van der Waals surface area contributed by atoms with Crippen molar-refractivity contribution >= 4 is 0 Å².